The summed E-state index contributed by atoms with van der Waals surface area (Å²) in [5.41, 5.74) is 3.47. The zero-order chi connectivity index (χ0) is 14.9. The second-order valence-corrected chi connectivity index (χ2v) is 6.49. The van der Waals surface area contributed by atoms with Crippen LogP contribution in [0.3, 0.4) is 0 Å². The van der Waals surface area contributed by atoms with Crippen LogP contribution < -0.4 is 4.74 Å². The average molecular weight is 398 g/mol. The fourth-order valence-corrected chi connectivity index (χ4v) is 3.00. The second-order valence-electron chi connectivity index (χ2n) is 4.72. The van der Waals surface area contributed by atoms with Crippen molar-refractivity contribution >= 4 is 37.8 Å². The number of aryl methyl sites for hydroxylation is 3. The molecule has 20 heavy (non-hydrogen) atoms. The van der Waals surface area contributed by atoms with Crippen LogP contribution in [-0.4, -0.2) is 5.97 Å². The van der Waals surface area contributed by atoms with Crippen LogP contribution in [0.1, 0.15) is 27.0 Å². The van der Waals surface area contributed by atoms with Crippen molar-refractivity contribution in [1.82, 2.24) is 0 Å². The van der Waals surface area contributed by atoms with Crippen molar-refractivity contribution in [3.8, 4) is 5.75 Å². The third kappa shape index (κ3) is 3.30. The molecule has 0 aliphatic carbocycles. The topological polar surface area (TPSA) is 26.3 Å². The minimum Gasteiger partial charge on any atom is -0.422 e. The van der Waals surface area contributed by atoms with E-state index in [-0.39, 0.29) is 5.97 Å². The molecule has 0 spiro atoms. The van der Waals surface area contributed by atoms with Gasteiger partial charge in [0.1, 0.15) is 5.75 Å². The summed E-state index contributed by atoms with van der Waals surface area (Å²) in [7, 11) is 0. The SMILES string of the molecule is Cc1ccc(C(=O)Oc2c(C)cc(Br)cc2C)cc1Br. The summed E-state index contributed by atoms with van der Waals surface area (Å²) in [6.45, 7) is 5.82. The number of benzene rings is 2. The Balaban J connectivity index is 2.30. The molecule has 0 aliphatic rings. The van der Waals surface area contributed by atoms with E-state index in [1.54, 1.807) is 12.1 Å². The number of hydrogen-bond donors (Lipinski definition) is 0. The van der Waals surface area contributed by atoms with Crippen LogP contribution in [0.25, 0.3) is 0 Å². The highest BCUT2D eigenvalue weighted by Gasteiger charge is 2.13. The lowest BCUT2D eigenvalue weighted by Crippen LogP contribution is -2.10. The van der Waals surface area contributed by atoms with Crippen molar-refractivity contribution in [3.05, 3.63) is 61.5 Å². The van der Waals surface area contributed by atoms with Gasteiger partial charge in [0, 0.05) is 8.95 Å². The minimum atomic E-state index is -0.348. The average Bonchev–Trinajstić information content (AvgIpc) is 2.36. The van der Waals surface area contributed by atoms with Gasteiger partial charge in [-0.3, -0.25) is 0 Å². The van der Waals surface area contributed by atoms with Crippen molar-refractivity contribution in [2.24, 2.45) is 0 Å². The Morgan fingerprint density at radius 1 is 0.950 bits per heavy atom. The molecule has 0 unspecified atom stereocenters. The maximum atomic E-state index is 12.2. The highest BCUT2D eigenvalue weighted by atomic mass is 79.9. The summed E-state index contributed by atoms with van der Waals surface area (Å²) in [5, 5.41) is 0. The van der Waals surface area contributed by atoms with Gasteiger partial charge in [-0.1, -0.05) is 37.9 Å². The third-order valence-corrected chi connectivity index (χ3v) is 4.34. The lowest BCUT2D eigenvalue weighted by molar-refractivity contribution is 0.0732. The molecular formula is C16H14Br2O2. The molecule has 0 atom stereocenters. The van der Waals surface area contributed by atoms with E-state index in [2.05, 4.69) is 31.9 Å². The van der Waals surface area contributed by atoms with Crippen LogP contribution >= 0.6 is 31.9 Å². The lowest BCUT2D eigenvalue weighted by Gasteiger charge is -2.11. The van der Waals surface area contributed by atoms with Gasteiger partial charge in [-0.2, -0.15) is 0 Å². The van der Waals surface area contributed by atoms with Gasteiger partial charge < -0.3 is 4.74 Å². The van der Waals surface area contributed by atoms with Crippen LogP contribution in [-0.2, 0) is 0 Å². The first kappa shape index (κ1) is 15.3. The van der Waals surface area contributed by atoms with Crippen LogP contribution in [0.2, 0.25) is 0 Å². The van der Waals surface area contributed by atoms with Gasteiger partial charge in [-0.25, -0.2) is 4.79 Å². The van der Waals surface area contributed by atoms with Crippen molar-refractivity contribution in [3.63, 3.8) is 0 Å². The molecule has 2 rings (SSSR count). The summed E-state index contributed by atoms with van der Waals surface area (Å²) in [4.78, 5) is 12.2. The summed E-state index contributed by atoms with van der Waals surface area (Å²) in [6.07, 6.45) is 0. The maximum absolute atomic E-state index is 12.2. The Labute approximate surface area is 135 Å². The predicted molar refractivity (Wildman–Crippen MR) is 87.5 cm³/mol. The summed E-state index contributed by atoms with van der Waals surface area (Å²) < 4.78 is 7.41. The van der Waals surface area contributed by atoms with Gasteiger partial charge in [-0.15, -0.1) is 0 Å². The monoisotopic (exact) mass is 396 g/mol. The van der Waals surface area contributed by atoms with Gasteiger partial charge in [0.25, 0.3) is 0 Å². The van der Waals surface area contributed by atoms with E-state index in [1.165, 1.54) is 0 Å². The molecule has 0 heterocycles. The molecule has 0 saturated carbocycles. The zero-order valence-electron chi connectivity index (χ0n) is 11.5. The Morgan fingerprint density at radius 3 is 2.10 bits per heavy atom. The molecule has 0 fully saturated rings. The van der Waals surface area contributed by atoms with E-state index in [1.807, 2.05) is 39.0 Å². The highest BCUT2D eigenvalue weighted by molar-refractivity contribution is 9.10. The predicted octanol–water partition coefficient (Wildman–Crippen LogP) is 5.36. The Bertz CT molecular complexity index is 655. The van der Waals surface area contributed by atoms with Crippen molar-refractivity contribution < 1.29 is 9.53 Å². The standard InChI is InChI=1S/C16H14Br2O2/c1-9-4-5-12(8-14(9)18)16(19)20-15-10(2)6-13(17)7-11(15)3/h4-8H,1-3H3. The Kier molecular flexibility index (Phi) is 4.66. The van der Waals surface area contributed by atoms with Gasteiger partial charge in [0.05, 0.1) is 5.56 Å². The number of esters is 1. The number of rotatable bonds is 2. The molecule has 0 aromatic heterocycles. The first-order chi connectivity index (χ1) is 9.38. The summed E-state index contributed by atoms with van der Waals surface area (Å²) in [6, 6.07) is 9.30. The van der Waals surface area contributed by atoms with Crippen LogP contribution in [0.5, 0.6) is 5.75 Å². The molecule has 0 amide bonds. The number of carbonyl (C=O) groups excluding carboxylic acids is 1. The van der Waals surface area contributed by atoms with E-state index >= 15 is 0 Å². The van der Waals surface area contributed by atoms with E-state index in [4.69, 9.17) is 4.74 Å². The van der Waals surface area contributed by atoms with Gasteiger partial charge in [0.15, 0.2) is 0 Å². The van der Waals surface area contributed by atoms with Crippen molar-refractivity contribution in [2.75, 3.05) is 0 Å². The molecule has 2 aromatic rings. The van der Waals surface area contributed by atoms with Gasteiger partial charge in [-0.05, 0) is 61.7 Å². The third-order valence-electron chi connectivity index (χ3n) is 3.03. The minimum absolute atomic E-state index is 0.348. The quantitative estimate of drug-likeness (QED) is 0.503. The fourth-order valence-electron chi connectivity index (χ4n) is 1.93. The van der Waals surface area contributed by atoms with E-state index in [0.29, 0.717) is 11.3 Å². The highest BCUT2D eigenvalue weighted by Crippen LogP contribution is 2.28. The van der Waals surface area contributed by atoms with E-state index in [0.717, 1.165) is 25.6 Å². The lowest BCUT2D eigenvalue weighted by atomic mass is 10.1. The molecule has 0 radical (unpaired) electrons. The van der Waals surface area contributed by atoms with Crippen LogP contribution in [0.15, 0.2) is 39.3 Å². The van der Waals surface area contributed by atoms with Crippen LogP contribution in [0.4, 0.5) is 0 Å². The molecular weight excluding hydrogens is 384 g/mol. The largest absolute Gasteiger partial charge is 0.422 e. The first-order valence-electron chi connectivity index (χ1n) is 6.13. The Hall–Kier alpha value is -1.13. The Morgan fingerprint density at radius 2 is 1.55 bits per heavy atom. The smallest absolute Gasteiger partial charge is 0.343 e. The number of halogens is 2. The molecule has 2 nitrogen and oxygen atoms in total. The number of carbonyl (C=O) groups is 1. The zero-order valence-corrected chi connectivity index (χ0v) is 14.6. The molecule has 0 aliphatic heterocycles. The number of hydrogen-bond acceptors (Lipinski definition) is 2. The molecule has 4 heteroatoms. The van der Waals surface area contributed by atoms with Crippen molar-refractivity contribution in [1.29, 1.82) is 0 Å². The molecule has 2 aromatic carbocycles. The van der Waals surface area contributed by atoms with Crippen molar-refractivity contribution in [2.45, 2.75) is 20.8 Å². The molecule has 0 saturated heterocycles. The van der Waals surface area contributed by atoms with Gasteiger partial charge in [0.2, 0.25) is 0 Å². The fraction of sp³-hybridized carbons (Fsp3) is 0.188. The summed E-state index contributed by atoms with van der Waals surface area (Å²) >= 11 is 6.85. The molecule has 0 bridgehead atoms. The van der Waals surface area contributed by atoms with Gasteiger partial charge >= 0.3 is 5.97 Å². The van der Waals surface area contributed by atoms with E-state index < -0.39 is 0 Å². The maximum Gasteiger partial charge on any atom is 0.343 e. The summed E-state index contributed by atoms with van der Waals surface area (Å²) in [5.74, 6) is 0.272. The van der Waals surface area contributed by atoms with Crippen LogP contribution in [0, 0.1) is 20.8 Å². The number of ether oxygens (including phenoxy) is 1. The molecule has 104 valence electrons. The normalized spacial score (nSPS) is 10.4. The van der Waals surface area contributed by atoms with E-state index in [9.17, 15) is 4.79 Å². The first-order valence-corrected chi connectivity index (χ1v) is 7.72. The second kappa shape index (κ2) is 6.10. The molecule has 0 N–H and O–H groups in total.